The Balaban J connectivity index is 1.84. The fraction of sp³-hybridized carbons (Fsp3) is 0.529. The van der Waals surface area contributed by atoms with Gasteiger partial charge in [-0.3, -0.25) is 4.79 Å². The second kappa shape index (κ2) is 6.58. The SMILES string of the molecule is CCOC(=O)Cc1nc2cc(C)c(N3CCN(C)CC3)cc2[nH]1. The number of carbonyl (C=O) groups excluding carboxylic acids is 1. The highest BCUT2D eigenvalue weighted by molar-refractivity contribution is 5.83. The maximum atomic E-state index is 11.6. The van der Waals surface area contributed by atoms with Gasteiger partial charge in [-0.1, -0.05) is 0 Å². The summed E-state index contributed by atoms with van der Waals surface area (Å²) in [5, 5.41) is 0. The van der Waals surface area contributed by atoms with Gasteiger partial charge in [-0.25, -0.2) is 4.98 Å². The number of rotatable bonds is 4. The summed E-state index contributed by atoms with van der Waals surface area (Å²) in [7, 11) is 2.16. The number of piperazine rings is 1. The van der Waals surface area contributed by atoms with E-state index < -0.39 is 0 Å². The van der Waals surface area contributed by atoms with E-state index >= 15 is 0 Å². The van der Waals surface area contributed by atoms with E-state index in [0.29, 0.717) is 12.4 Å². The molecular formula is C17H24N4O2. The van der Waals surface area contributed by atoms with Crippen LogP contribution in [0.1, 0.15) is 18.3 Å². The lowest BCUT2D eigenvalue weighted by atomic mass is 10.1. The molecule has 0 atom stereocenters. The minimum absolute atomic E-state index is 0.186. The molecule has 0 amide bonds. The second-order valence-electron chi connectivity index (χ2n) is 6.11. The molecule has 2 heterocycles. The lowest BCUT2D eigenvalue weighted by molar-refractivity contribution is -0.142. The lowest BCUT2D eigenvalue weighted by Crippen LogP contribution is -2.44. The lowest BCUT2D eigenvalue weighted by Gasteiger charge is -2.34. The number of fused-ring (bicyclic) bond motifs is 1. The van der Waals surface area contributed by atoms with Crippen LogP contribution >= 0.6 is 0 Å². The molecule has 1 aliphatic heterocycles. The van der Waals surface area contributed by atoms with E-state index in [0.717, 1.165) is 37.2 Å². The largest absolute Gasteiger partial charge is 0.466 e. The topological polar surface area (TPSA) is 61.5 Å². The van der Waals surface area contributed by atoms with E-state index in [9.17, 15) is 4.79 Å². The molecular weight excluding hydrogens is 292 g/mol. The highest BCUT2D eigenvalue weighted by Gasteiger charge is 2.17. The third-order valence-corrected chi connectivity index (χ3v) is 4.31. The van der Waals surface area contributed by atoms with Crippen molar-refractivity contribution in [2.24, 2.45) is 0 Å². The molecule has 2 aromatic rings. The summed E-state index contributed by atoms with van der Waals surface area (Å²) < 4.78 is 4.98. The summed E-state index contributed by atoms with van der Waals surface area (Å²) in [5.74, 6) is 0.413. The van der Waals surface area contributed by atoms with Crippen LogP contribution in [0.15, 0.2) is 12.1 Å². The van der Waals surface area contributed by atoms with Gasteiger partial charge in [-0.2, -0.15) is 0 Å². The Kier molecular flexibility index (Phi) is 4.52. The van der Waals surface area contributed by atoms with Crippen LogP contribution in [0.4, 0.5) is 5.69 Å². The van der Waals surface area contributed by atoms with Crippen molar-refractivity contribution in [2.75, 3.05) is 44.7 Å². The third kappa shape index (κ3) is 3.47. The zero-order valence-electron chi connectivity index (χ0n) is 14.1. The number of benzene rings is 1. The van der Waals surface area contributed by atoms with Crippen molar-refractivity contribution in [3.8, 4) is 0 Å². The molecule has 1 aromatic heterocycles. The number of hydrogen-bond acceptors (Lipinski definition) is 5. The normalized spacial score (nSPS) is 16.0. The number of imidazole rings is 1. The Morgan fingerprint density at radius 3 is 2.74 bits per heavy atom. The number of ether oxygens (including phenoxy) is 1. The predicted octanol–water partition coefficient (Wildman–Crippen LogP) is 1.73. The smallest absolute Gasteiger partial charge is 0.313 e. The molecule has 1 N–H and O–H groups in total. The van der Waals surface area contributed by atoms with Gasteiger partial charge in [-0.15, -0.1) is 0 Å². The number of nitrogens with one attached hydrogen (secondary N) is 1. The van der Waals surface area contributed by atoms with Gasteiger partial charge < -0.3 is 19.5 Å². The molecule has 0 saturated carbocycles. The Morgan fingerprint density at radius 2 is 2.04 bits per heavy atom. The average Bonchev–Trinajstić information content (AvgIpc) is 2.88. The molecule has 6 heteroatoms. The Morgan fingerprint density at radius 1 is 1.30 bits per heavy atom. The number of aromatic nitrogens is 2. The standard InChI is InChI=1S/C17H24N4O2/c1-4-23-17(22)11-16-18-13-9-12(2)15(10-14(13)19-16)21-7-5-20(3)6-8-21/h9-10H,4-8,11H2,1-3H3,(H,18,19). The van der Waals surface area contributed by atoms with E-state index in [1.807, 2.05) is 6.92 Å². The first-order valence-electron chi connectivity index (χ1n) is 8.15. The first-order valence-corrected chi connectivity index (χ1v) is 8.15. The number of H-pyrrole nitrogens is 1. The number of aryl methyl sites for hydroxylation is 1. The van der Waals surface area contributed by atoms with Gasteiger partial charge in [0.25, 0.3) is 0 Å². The van der Waals surface area contributed by atoms with Gasteiger partial charge in [0, 0.05) is 31.9 Å². The number of likely N-dealkylation sites (N-methyl/N-ethyl adjacent to an activating group) is 1. The van der Waals surface area contributed by atoms with Crippen LogP contribution in [0.3, 0.4) is 0 Å². The number of nitrogens with zero attached hydrogens (tertiary/aromatic N) is 3. The minimum Gasteiger partial charge on any atom is -0.466 e. The van der Waals surface area contributed by atoms with Crippen LogP contribution < -0.4 is 4.90 Å². The monoisotopic (exact) mass is 316 g/mol. The summed E-state index contributed by atoms with van der Waals surface area (Å²) in [6.45, 7) is 8.54. The molecule has 1 saturated heterocycles. The molecule has 3 rings (SSSR count). The van der Waals surface area contributed by atoms with Crippen molar-refractivity contribution in [1.29, 1.82) is 0 Å². The van der Waals surface area contributed by atoms with Crippen LogP contribution in [0.5, 0.6) is 0 Å². The molecule has 23 heavy (non-hydrogen) atoms. The number of aromatic amines is 1. The van der Waals surface area contributed by atoms with Crippen LogP contribution in [0, 0.1) is 6.92 Å². The fourth-order valence-corrected chi connectivity index (χ4v) is 3.02. The van der Waals surface area contributed by atoms with Crippen LogP contribution in [-0.4, -0.2) is 60.7 Å². The Labute approximate surface area is 136 Å². The van der Waals surface area contributed by atoms with E-state index in [-0.39, 0.29) is 12.4 Å². The van der Waals surface area contributed by atoms with Gasteiger partial charge in [-0.05, 0) is 38.6 Å². The van der Waals surface area contributed by atoms with Gasteiger partial charge in [0.05, 0.1) is 17.6 Å². The average molecular weight is 316 g/mol. The highest BCUT2D eigenvalue weighted by atomic mass is 16.5. The van der Waals surface area contributed by atoms with Crippen molar-refractivity contribution < 1.29 is 9.53 Å². The minimum atomic E-state index is -0.248. The quantitative estimate of drug-likeness (QED) is 0.871. The number of anilines is 1. The summed E-state index contributed by atoms with van der Waals surface area (Å²) >= 11 is 0. The molecule has 6 nitrogen and oxygen atoms in total. The van der Waals surface area contributed by atoms with Crippen LogP contribution in [0.2, 0.25) is 0 Å². The molecule has 0 bridgehead atoms. The van der Waals surface area contributed by atoms with Crippen LogP contribution in [-0.2, 0) is 16.0 Å². The zero-order chi connectivity index (χ0) is 16.4. The van der Waals surface area contributed by atoms with Crippen LogP contribution in [0.25, 0.3) is 11.0 Å². The maximum Gasteiger partial charge on any atom is 0.313 e. The zero-order valence-corrected chi connectivity index (χ0v) is 14.1. The molecule has 124 valence electrons. The van der Waals surface area contributed by atoms with E-state index in [2.05, 4.69) is 45.9 Å². The first-order chi connectivity index (χ1) is 11.1. The number of hydrogen-bond donors (Lipinski definition) is 1. The maximum absolute atomic E-state index is 11.6. The highest BCUT2D eigenvalue weighted by Crippen LogP contribution is 2.26. The molecule has 1 fully saturated rings. The summed E-state index contributed by atoms with van der Waals surface area (Å²) in [5.41, 5.74) is 4.34. The predicted molar refractivity (Wildman–Crippen MR) is 90.9 cm³/mol. The van der Waals surface area contributed by atoms with E-state index in [4.69, 9.17) is 4.74 Å². The fourth-order valence-electron chi connectivity index (χ4n) is 3.02. The molecule has 0 aliphatic carbocycles. The van der Waals surface area contributed by atoms with E-state index in [1.54, 1.807) is 0 Å². The molecule has 0 unspecified atom stereocenters. The van der Waals surface area contributed by atoms with E-state index in [1.165, 1.54) is 11.3 Å². The molecule has 0 spiro atoms. The summed E-state index contributed by atoms with van der Waals surface area (Å²) in [6, 6.07) is 4.24. The first kappa shape index (κ1) is 15.8. The van der Waals surface area contributed by atoms with Crippen molar-refractivity contribution in [3.05, 3.63) is 23.5 Å². The molecule has 0 radical (unpaired) electrons. The van der Waals surface area contributed by atoms with Crippen molar-refractivity contribution >= 4 is 22.7 Å². The number of esters is 1. The second-order valence-corrected chi connectivity index (χ2v) is 6.11. The molecule has 1 aromatic carbocycles. The summed E-state index contributed by atoms with van der Waals surface area (Å²) in [6.07, 6.45) is 0.186. The van der Waals surface area contributed by atoms with Gasteiger partial charge >= 0.3 is 5.97 Å². The van der Waals surface area contributed by atoms with Gasteiger partial charge in [0.15, 0.2) is 0 Å². The summed E-state index contributed by atoms with van der Waals surface area (Å²) in [4.78, 5) is 24.1. The Hall–Kier alpha value is -2.08. The van der Waals surface area contributed by atoms with Crippen molar-refractivity contribution in [2.45, 2.75) is 20.3 Å². The molecule has 1 aliphatic rings. The Bertz CT molecular complexity index is 702. The van der Waals surface area contributed by atoms with Gasteiger partial charge in [0.1, 0.15) is 12.2 Å². The number of carbonyl (C=O) groups is 1. The van der Waals surface area contributed by atoms with Crippen molar-refractivity contribution in [3.63, 3.8) is 0 Å². The van der Waals surface area contributed by atoms with Crippen molar-refractivity contribution in [1.82, 2.24) is 14.9 Å². The van der Waals surface area contributed by atoms with Gasteiger partial charge in [0.2, 0.25) is 0 Å². The third-order valence-electron chi connectivity index (χ3n) is 4.31.